The summed E-state index contributed by atoms with van der Waals surface area (Å²) in [7, 11) is 3.31. The summed E-state index contributed by atoms with van der Waals surface area (Å²) in [6.07, 6.45) is 0.557. The average Bonchev–Trinajstić information content (AvgIpc) is 2.65. The lowest BCUT2D eigenvalue weighted by Gasteiger charge is -2.40. The second kappa shape index (κ2) is 9.55. The molecule has 0 aliphatic rings. The molecule has 1 N–H and O–H groups in total. The van der Waals surface area contributed by atoms with E-state index in [0.717, 1.165) is 11.1 Å². The highest BCUT2D eigenvalue weighted by molar-refractivity contribution is 5.37. The highest BCUT2D eigenvalue weighted by Gasteiger charge is 2.42. The standard InChI is InChI=1S/C20H26O4/c1-22-16-24-15-19(13-14-21)20(23-2,17-9-5-3-6-10-17)18-11-7-4-8-12-18/h3-12,19,21H,13-16H2,1-2H3. The van der Waals surface area contributed by atoms with E-state index in [1.165, 1.54) is 0 Å². The Balaban J connectivity index is 2.50. The largest absolute Gasteiger partial charge is 0.396 e. The Kier molecular flexibility index (Phi) is 7.40. The molecule has 4 nitrogen and oxygen atoms in total. The minimum Gasteiger partial charge on any atom is -0.396 e. The Labute approximate surface area is 144 Å². The highest BCUT2D eigenvalue weighted by Crippen LogP contribution is 2.41. The van der Waals surface area contributed by atoms with E-state index in [4.69, 9.17) is 14.2 Å². The first-order valence-electron chi connectivity index (χ1n) is 8.13. The summed E-state index contributed by atoms with van der Waals surface area (Å²) in [6.45, 7) is 0.698. The van der Waals surface area contributed by atoms with Gasteiger partial charge < -0.3 is 19.3 Å². The molecular weight excluding hydrogens is 304 g/mol. The second-order valence-corrected chi connectivity index (χ2v) is 5.66. The number of hydrogen-bond acceptors (Lipinski definition) is 4. The molecule has 0 spiro atoms. The van der Waals surface area contributed by atoms with Crippen LogP contribution in [0, 0.1) is 5.92 Å². The smallest absolute Gasteiger partial charge is 0.146 e. The van der Waals surface area contributed by atoms with Crippen LogP contribution in [0.3, 0.4) is 0 Å². The summed E-state index contributed by atoms with van der Waals surface area (Å²) in [6, 6.07) is 20.2. The summed E-state index contributed by atoms with van der Waals surface area (Å²) in [5.41, 5.74) is 1.38. The van der Waals surface area contributed by atoms with Gasteiger partial charge in [0.15, 0.2) is 0 Å². The molecule has 1 unspecified atom stereocenters. The van der Waals surface area contributed by atoms with Crippen molar-refractivity contribution < 1.29 is 19.3 Å². The first-order chi connectivity index (χ1) is 11.8. The van der Waals surface area contributed by atoms with Gasteiger partial charge in [0.1, 0.15) is 12.4 Å². The minimum atomic E-state index is -0.695. The Morgan fingerprint density at radius 1 is 0.917 bits per heavy atom. The van der Waals surface area contributed by atoms with Gasteiger partial charge >= 0.3 is 0 Å². The lowest BCUT2D eigenvalue weighted by molar-refractivity contribution is -0.100. The minimum absolute atomic E-state index is 0.0613. The number of aliphatic hydroxyl groups excluding tert-OH is 1. The van der Waals surface area contributed by atoms with E-state index in [0.29, 0.717) is 13.0 Å². The quantitative estimate of drug-likeness (QED) is 0.537. The van der Waals surface area contributed by atoms with Crippen LogP contribution in [0.15, 0.2) is 60.7 Å². The van der Waals surface area contributed by atoms with Gasteiger partial charge in [-0.1, -0.05) is 60.7 Å². The van der Waals surface area contributed by atoms with E-state index in [1.807, 2.05) is 36.4 Å². The number of benzene rings is 2. The van der Waals surface area contributed by atoms with E-state index < -0.39 is 5.60 Å². The Morgan fingerprint density at radius 2 is 1.46 bits per heavy atom. The zero-order chi connectivity index (χ0) is 17.3. The maximum absolute atomic E-state index is 9.60. The van der Waals surface area contributed by atoms with E-state index in [-0.39, 0.29) is 19.3 Å². The summed E-state index contributed by atoms with van der Waals surface area (Å²) >= 11 is 0. The van der Waals surface area contributed by atoms with Crippen LogP contribution in [0.5, 0.6) is 0 Å². The van der Waals surface area contributed by atoms with Crippen LogP contribution >= 0.6 is 0 Å². The SMILES string of the molecule is COCOCC(CCO)C(OC)(c1ccccc1)c1ccccc1. The molecule has 130 valence electrons. The molecule has 0 saturated heterocycles. The molecule has 0 bridgehead atoms. The van der Waals surface area contributed by atoms with Crippen LogP contribution < -0.4 is 0 Å². The van der Waals surface area contributed by atoms with Gasteiger partial charge in [-0.25, -0.2) is 0 Å². The average molecular weight is 330 g/mol. The summed E-state index contributed by atoms with van der Waals surface area (Å²) < 4.78 is 16.8. The van der Waals surface area contributed by atoms with Crippen molar-refractivity contribution in [2.45, 2.75) is 12.0 Å². The molecule has 0 aliphatic heterocycles. The van der Waals surface area contributed by atoms with Gasteiger partial charge in [-0.05, 0) is 17.5 Å². The molecule has 0 aromatic heterocycles. The summed E-state index contributed by atoms with van der Waals surface area (Å²) in [4.78, 5) is 0. The van der Waals surface area contributed by atoms with Crippen molar-refractivity contribution in [1.29, 1.82) is 0 Å². The molecule has 2 rings (SSSR count). The van der Waals surface area contributed by atoms with Gasteiger partial charge in [-0.3, -0.25) is 0 Å². The monoisotopic (exact) mass is 330 g/mol. The van der Waals surface area contributed by atoms with Crippen molar-refractivity contribution in [3.8, 4) is 0 Å². The van der Waals surface area contributed by atoms with Crippen LogP contribution in [0.25, 0.3) is 0 Å². The zero-order valence-corrected chi connectivity index (χ0v) is 14.4. The van der Waals surface area contributed by atoms with Crippen LogP contribution in [0.1, 0.15) is 17.5 Å². The number of hydrogen-bond donors (Lipinski definition) is 1. The molecule has 0 radical (unpaired) electrons. The summed E-state index contributed by atoms with van der Waals surface area (Å²) in [5.74, 6) is -0.0625. The number of aliphatic hydroxyl groups is 1. The molecule has 0 saturated carbocycles. The predicted octanol–water partition coefficient (Wildman–Crippen LogP) is 3.20. The number of rotatable bonds is 10. The van der Waals surface area contributed by atoms with Crippen molar-refractivity contribution in [3.05, 3.63) is 71.8 Å². The van der Waals surface area contributed by atoms with E-state index in [1.54, 1.807) is 14.2 Å². The number of methoxy groups -OCH3 is 2. The van der Waals surface area contributed by atoms with Crippen LogP contribution in [-0.2, 0) is 19.8 Å². The molecule has 0 aliphatic carbocycles. The fourth-order valence-electron chi connectivity index (χ4n) is 3.25. The van der Waals surface area contributed by atoms with Crippen molar-refractivity contribution in [1.82, 2.24) is 0 Å². The Hall–Kier alpha value is -1.72. The third-order valence-corrected chi connectivity index (χ3v) is 4.30. The maximum Gasteiger partial charge on any atom is 0.146 e. The predicted molar refractivity (Wildman–Crippen MR) is 93.7 cm³/mol. The molecule has 0 amide bonds. The fourth-order valence-corrected chi connectivity index (χ4v) is 3.25. The lowest BCUT2D eigenvalue weighted by Crippen LogP contribution is -2.41. The van der Waals surface area contributed by atoms with E-state index >= 15 is 0 Å². The zero-order valence-electron chi connectivity index (χ0n) is 14.4. The fraction of sp³-hybridized carbons (Fsp3) is 0.400. The molecular formula is C20H26O4. The van der Waals surface area contributed by atoms with Crippen molar-refractivity contribution in [3.63, 3.8) is 0 Å². The Morgan fingerprint density at radius 3 is 1.88 bits per heavy atom. The molecule has 4 heteroatoms. The molecule has 2 aromatic carbocycles. The second-order valence-electron chi connectivity index (χ2n) is 5.66. The van der Waals surface area contributed by atoms with Gasteiger partial charge in [0, 0.05) is 26.7 Å². The van der Waals surface area contributed by atoms with Gasteiger partial charge in [-0.2, -0.15) is 0 Å². The maximum atomic E-state index is 9.60. The van der Waals surface area contributed by atoms with Crippen molar-refractivity contribution in [2.75, 3.05) is 34.2 Å². The first kappa shape index (κ1) is 18.6. The molecule has 0 heterocycles. The normalized spacial score (nSPS) is 13.0. The van der Waals surface area contributed by atoms with Crippen molar-refractivity contribution >= 4 is 0 Å². The van der Waals surface area contributed by atoms with Gasteiger partial charge in [-0.15, -0.1) is 0 Å². The van der Waals surface area contributed by atoms with Crippen LogP contribution in [0.4, 0.5) is 0 Å². The molecule has 1 atom stereocenters. The third-order valence-electron chi connectivity index (χ3n) is 4.30. The number of ether oxygens (including phenoxy) is 3. The van der Waals surface area contributed by atoms with Gasteiger partial charge in [0.2, 0.25) is 0 Å². The van der Waals surface area contributed by atoms with Gasteiger partial charge in [0.05, 0.1) is 6.61 Å². The molecule has 0 fully saturated rings. The lowest BCUT2D eigenvalue weighted by atomic mass is 9.74. The third kappa shape index (κ3) is 4.02. The first-order valence-corrected chi connectivity index (χ1v) is 8.13. The van der Waals surface area contributed by atoms with Crippen molar-refractivity contribution in [2.24, 2.45) is 5.92 Å². The van der Waals surface area contributed by atoms with E-state index in [9.17, 15) is 5.11 Å². The Bertz CT molecular complexity index is 531. The van der Waals surface area contributed by atoms with Crippen LogP contribution in [0.2, 0.25) is 0 Å². The van der Waals surface area contributed by atoms with Gasteiger partial charge in [0.25, 0.3) is 0 Å². The van der Waals surface area contributed by atoms with E-state index in [2.05, 4.69) is 24.3 Å². The topological polar surface area (TPSA) is 47.9 Å². The highest BCUT2D eigenvalue weighted by atomic mass is 16.7. The molecule has 24 heavy (non-hydrogen) atoms. The summed E-state index contributed by atoms with van der Waals surface area (Å²) in [5, 5.41) is 9.60. The molecule has 2 aromatic rings. The van der Waals surface area contributed by atoms with Crippen LogP contribution in [-0.4, -0.2) is 39.3 Å².